The fraction of sp³-hybridized carbons (Fsp3) is 0.655. The van der Waals surface area contributed by atoms with Crippen molar-refractivity contribution in [3.63, 3.8) is 0 Å². The second-order valence-electron chi connectivity index (χ2n) is 12.3. The van der Waals surface area contributed by atoms with Crippen LogP contribution in [0.3, 0.4) is 0 Å². The van der Waals surface area contributed by atoms with Gasteiger partial charge in [-0.2, -0.15) is 10.4 Å². The Bertz CT molecular complexity index is 1520. The lowest BCUT2D eigenvalue weighted by molar-refractivity contribution is -0.168. The van der Waals surface area contributed by atoms with Crippen LogP contribution in [0.4, 0.5) is 5.82 Å². The van der Waals surface area contributed by atoms with Gasteiger partial charge in [-0.15, -0.1) is 0 Å². The SMILES string of the molecule is CC(C)OC(=O)C(C)NP(=O)(NC(C)C(=O)OC(C)C)OCC1OC(C#N)(c2ccc3c(N)ncnn23)C(C)(O)C1OC(=O)C(C)C. The molecule has 2 aromatic rings. The van der Waals surface area contributed by atoms with Gasteiger partial charge in [0.25, 0.3) is 0 Å². The van der Waals surface area contributed by atoms with Gasteiger partial charge in [0.05, 0.1) is 30.4 Å². The molecule has 1 aliphatic rings. The summed E-state index contributed by atoms with van der Waals surface area (Å²) in [7, 11) is -4.39. The molecule has 5 N–H and O–H groups in total. The summed E-state index contributed by atoms with van der Waals surface area (Å²) in [6, 6.07) is 2.61. The minimum absolute atomic E-state index is 0.0386. The number of nitriles is 1. The average Bonchev–Trinajstić information content (AvgIpc) is 3.49. The van der Waals surface area contributed by atoms with E-state index in [1.54, 1.807) is 41.5 Å². The molecule has 6 unspecified atom stereocenters. The molecule has 0 radical (unpaired) electrons. The van der Waals surface area contributed by atoms with Gasteiger partial charge in [-0.05, 0) is 60.6 Å². The zero-order chi connectivity index (χ0) is 35.5. The number of rotatable bonds is 14. The number of esters is 3. The maximum atomic E-state index is 14.3. The Morgan fingerprint density at radius 3 is 2.11 bits per heavy atom. The number of nitrogens with zero attached hydrogens (tertiary/aromatic N) is 4. The van der Waals surface area contributed by atoms with Gasteiger partial charge >= 0.3 is 25.6 Å². The zero-order valence-electron chi connectivity index (χ0n) is 27.9. The minimum Gasteiger partial charge on any atom is -0.462 e. The summed E-state index contributed by atoms with van der Waals surface area (Å²) >= 11 is 0. The van der Waals surface area contributed by atoms with Gasteiger partial charge in [-0.3, -0.25) is 18.9 Å². The molecule has 1 fully saturated rings. The zero-order valence-corrected chi connectivity index (χ0v) is 28.8. The Kier molecular flexibility index (Phi) is 11.8. The molecule has 260 valence electrons. The van der Waals surface area contributed by atoms with Gasteiger partial charge < -0.3 is 34.3 Å². The smallest absolute Gasteiger partial charge is 0.342 e. The van der Waals surface area contributed by atoms with E-state index in [1.165, 1.54) is 37.4 Å². The first kappa shape index (κ1) is 37.8. The first-order chi connectivity index (χ1) is 21.8. The monoisotopic (exact) mass is 681 g/mol. The lowest BCUT2D eigenvalue weighted by atomic mass is 9.80. The van der Waals surface area contributed by atoms with Crippen molar-refractivity contribution >= 4 is 36.9 Å². The lowest BCUT2D eigenvalue weighted by Crippen LogP contribution is -2.54. The highest BCUT2D eigenvalue weighted by molar-refractivity contribution is 7.54. The molecule has 0 aromatic carbocycles. The number of nitrogen functional groups attached to an aromatic ring is 1. The fourth-order valence-electron chi connectivity index (χ4n) is 4.85. The van der Waals surface area contributed by atoms with E-state index in [4.69, 9.17) is 29.2 Å². The number of nitrogens with two attached hydrogens (primary N) is 1. The van der Waals surface area contributed by atoms with E-state index < -0.39 is 85.8 Å². The van der Waals surface area contributed by atoms with Crippen LogP contribution < -0.4 is 15.9 Å². The standard InChI is InChI=1S/C29H44N7O10P/c1-15(2)25(37)45-23-21(46-29(13-30,28(23,9)40)22-11-10-20-24(31)32-14-33-36(20)22)12-42-47(41,34-18(7)26(38)43-16(3)4)35-19(8)27(39)44-17(5)6/h10-11,14-19,21,23,40H,12H2,1-9H3,(H2,31,32,33)(H2,34,35,41). The summed E-state index contributed by atoms with van der Waals surface area (Å²) in [5.41, 5.74) is 1.86. The van der Waals surface area contributed by atoms with Crippen molar-refractivity contribution in [1.29, 1.82) is 5.26 Å². The van der Waals surface area contributed by atoms with Crippen LogP contribution in [0.5, 0.6) is 0 Å². The van der Waals surface area contributed by atoms with Crippen LogP contribution in [-0.2, 0) is 48.0 Å². The molecule has 17 nitrogen and oxygen atoms in total. The minimum atomic E-state index is -4.39. The number of hydrogen-bond acceptors (Lipinski definition) is 14. The van der Waals surface area contributed by atoms with E-state index in [1.807, 2.05) is 6.07 Å². The van der Waals surface area contributed by atoms with E-state index in [-0.39, 0.29) is 11.5 Å². The Balaban J connectivity index is 2.04. The predicted molar refractivity (Wildman–Crippen MR) is 166 cm³/mol. The van der Waals surface area contributed by atoms with Gasteiger partial charge in [0.15, 0.2) is 11.9 Å². The first-order valence-corrected chi connectivity index (χ1v) is 16.7. The number of ether oxygens (including phenoxy) is 4. The quantitative estimate of drug-likeness (QED) is 0.126. The molecule has 0 spiro atoms. The predicted octanol–water partition coefficient (Wildman–Crippen LogP) is 1.73. The number of aliphatic hydroxyl groups is 1. The normalized spacial score (nSPS) is 25.4. The summed E-state index contributed by atoms with van der Waals surface area (Å²) in [6.45, 7) is 13.1. The number of carbonyl (C=O) groups is 3. The van der Waals surface area contributed by atoms with Crippen molar-refractivity contribution in [1.82, 2.24) is 24.8 Å². The number of nitrogens with one attached hydrogen (secondary N) is 2. The van der Waals surface area contributed by atoms with Crippen molar-refractivity contribution in [2.45, 2.75) is 110 Å². The molecule has 0 saturated carbocycles. The Morgan fingerprint density at radius 2 is 1.62 bits per heavy atom. The Labute approximate surface area is 273 Å². The summed E-state index contributed by atoms with van der Waals surface area (Å²) in [4.78, 5) is 42.0. The van der Waals surface area contributed by atoms with Crippen molar-refractivity contribution < 1.29 is 47.5 Å². The van der Waals surface area contributed by atoms with Gasteiger partial charge in [-0.1, -0.05) is 13.8 Å². The second kappa shape index (κ2) is 14.6. The molecule has 18 heteroatoms. The molecular formula is C29H44N7O10P. The number of anilines is 1. The molecule has 1 aliphatic heterocycles. The maximum absolute atomic E-state index is 14.3. The number of carbonyl (C=O) groups excluding carboxylic acids is 3. The third-order valence-corrected chi connectivity index (χ3v) is 9.17. The van der Waals surface area contributed by atoms with Crippen molar-refractivity contribution in [2.75, 3.05) is 12.3 Å². The van der Waals surface area contributed by atoms with E-state index >= 15 is 0 Å². The molecule has 0 aliphatic carbocycles. The highest BCUT2D eigenvalue weighted by atomic mass is 31.2. The third-order valence-electron chi connectivity index (χ3n) is 7.21. The van der Waals surface area contributed by atoms with E-state index in [9.17, 15) is 29.3 Å². The molecule has 3 rings (SSSR count). The summed E-state index contributed by atoms with van der Waals surface area (Å²) in [5, 5.41) is 31.9. The average molecular weight is 682 g/mol. The van der Waals surface area contributed by atoms with E-state index in [2.05, 4.69) is 20.3 Å². The lowest BCUT2D eigenvalue weighted by Gasteiger charge is -2.34. The van der Waals surface area contributed by atoms with Gasteiger partial charge in [-0.25, -0.2) is 19.7 Å². The number of aromatic nitrogens is 3. The second-order valence-corrected chi connectivity index (χ2v) is 14.2. The number of hydrogen-bond donors (Lipinski definition) is 4. The van der Waals surface area contributed by atoms with E-state index in [0.717, 1.165) is 6.33 Å². The van der Waals surface area contributed by atoms with Crippen molar-refractivity contribution in [3.05, 3.63) is 24.2 Å². The highest BCUT2D eigenvalue weighted by Crippen LogP contribution is 2.50. The third kappa shape index (κ3) is 8.08. The van der Waals surface area contributed by atoms with Crippen LogP contribution in [0.1, 0.15) is 68.0 Å². The highest BCUT2D eigenvalue weighted by Gasteiger charge is 2.67. The Hall–Kier alpha value is -3.65. The van der Waals surface area contributed by atoms with Crippen LogP contribution in [0.2, 0.25) is 0 Å². The summed E-state index contributed by atoms with van der Waals surface area (Å²) < 4.78 is 43.7. The topological polar surface area (TPSA) is 239 Å². The maximum Gasteiger partial charge on any atom is 0.342 e. The van der Waals surface area contributed by atoms with Crippen LogP contribution in [0, 0.1) is 17.2 Å². The van der Waals surface area contributed by atoms with Crippen LogP contribution in [0.25, 0.3) is 5.52 Å². The van der Waals surface area contributed by atoms with Gasteiger partial charge in [0.2, 0.25) is 5.60 Å². The van der Waals surface area contributed by atoms with Crippen molar-refractivity contribution in [2.24, 2.45) is 5.92 Å². The Morgan fingerprint density at radius 1 is 1.06 bits per heavy atom. The molecule has 47 heavy (non-hydrogen) atoms. The van der Waals surface area contributed by atoms with E-state index in [0.29, 0.717) is 5.52 Å². The summed E-state index contributed by atoms with van der Waals surface area (Å²) in [6.07, 6.45) is -2.78. The molecule has 3 heterocycles. The molecule has 2 aromatic heterocycles. The van der Waals surface area contributed by atoms with Gasteiger partial charge in [0, 0.05) is 0 Å². The van der Waals surface area contributed by atoms with Crippen molar-refractivity contribution in [3.8, 4) is 6.07 Å². The molecular weight excluding hydrogens is 637 g/mol. The molecule has 6 atom stereocenters. The fourth-order valence-corrected chi connectivity index (χ4v) is 6.66. The number of fused-ring (bicyclic) bond motifs is 1. The summed E-state index contributed by atoms with van der Waals surface area (Å²) in [5.74, 6) is -2.78. The largest absolute Gasteiger partial charge is 0.462 e. The first-order valence-electron chi connectivity index (χ1n) is 15.1. The van der Waals surface area contributed by atoms with Crippen LogP contribution in [0.15, 0.2) is 18.5 Å². The molecule has 0 amide bonds. The molecule has 1 saturated heterocycles. The van der Waals surface area contributed by atoms with Crippen LogP contribution in [-0.4, -0.2) is 86.3 Å². The van der Waals surface area contributed by atoms with Crippen LogP contribution >= 0.6 is 7.67 Å². The molecule has 0 bridgehead atoms. The van der Waals surface area contributed by atoms with Gasteiger partial charge in [0.1, 0.15) is 41.7 Å².